The molecule has 0 aliphatic carbocycles. The fourth-order valence-electron chi connectivity index (χ4n) is 0.825. The molecule has 0 aromatic rings. The van der Waals surface area contributed by atoms with Gasteiger partial charge in [0.15, 0.2) is 0 Å². The van der Waals surface area contributed by atoms with E-state index in [0.29, 0.717) is 6.54 Å². The fraction of sp³-hybridized carbons (Fsp3) is 0.556. The van der Waals surface area contributed by atoms with E-state index in [0.717, 1.165) is 11.5 Å². The maximum absolute atomic E-state index is 11.2. The first-order valence-corrected chi connectivity index (χ1v) is 5.67. The van der Waals surface area contributed by atoms with Crippen molar-refractivity contribution >= 4 is 23.6 Å². The summed E-state index contributed by atoms with van der Waals surface area (Å²) >= 11 is 1.63. The topological polar surface area (TPSA) is 92.4 Å². The van der Waals surface area contributed by atoms with Crippen molar-refractivity contribution in [1.29, 1.82) is 0 Å². The molecule has 0 fully saturated rings. The van der Waals surface area contributed by atoms with E-state index in [4.69, 9.17) is 10.8 Å². The number of nitrogens with one attached hydrogen (secondary N) is 1. The van der Waals surface area contributed by atoms with Crippen molar-refractivity contribution in [3.05, 3.63) is 12.7 Å². The van der Waals surface area contributed by atoms with Crippen molar-refractivity contribution in [2.75, 3.05) is 18.1 Å². The summed E-state index contributed by atoms with van der Waals surface area (Å²) in [5.74, 6) is 0.101. The first-order valence-electron chi connectivity index (χ1n) is 4.51. The summed E-state index contributed by atoms with van der Waals surface area (Å²) in [5, 5.41) is 11.0. The Hall–Kier alpha value is -1.01. The van der Waals surface area contributed by atoms with E-state index in [-0.39, 0.29) is 6.42 Å². The van der Waals surface area contributed by atoms with E-state index < -0.39 is 17.9 Å². The van der Waals surface area contributed by atoms with Crippen LogP contribution in [0.25, 0.3) is 0 Å². The first kappa shape index (κ1) is 14.0. The standard InChI is InChI=1S/C9H16N2O3S/c1-2-4-15-5-3-11-9(14)7(10)6-8(12)13/h2,7H,1,3-6,10H2,(H,11,14)(H,12,13). The Labute approximate surface area is 93.1 Å². The Morgan fingerprint density at radius 2 is 2.27 bits per heavy atom. The molecule has 1 amide bonds. The zero-order valence-corrected chi connectivity index (χ0v) is 9.26. The predicted octanol–water partition coefficient (Wildman–Crippen LogP) is -0.176. The molecule has 0 aromatic heterocycles. The van der Waals surface area contributed by atoms with Gasteiger partial charge >= 0.3 is 5.97 Å². The van der Waals surface area contributed by atoms with Crippen LogP contribution >= 0.6 is 11.8 Å². The molecule has 0 rings (SSSR count). The van der Waals surface area contributed by atoms with Crippen LogP contribution in [0.2, 0.25) is 0 Å². The monoisotopic (exact) mass is 232 g/mol. The molecule has 0 heterocycles. The minimum absolute atomic E-state index is 0.342. The highest BCUT2D eigenvalue weighted by Gasteiger charge is 2.15. The Morgan fingerprint density at radius 3 is 2.80 bits per heavy atom. The van der Waals surface area contributed by atoms with Crippen LogP contribution < -0.4 is 11.1 Å². The van der Waals surface area contributed by atoms with E-state index >= 15 is 0 Å². The molecular formula is C9H16N2O3S. The lowest BCUT2D eigenvalue weighted by atomic mass is 10.2. The van der Waals surface area contributed by atoms with Gasteiger partial charge < -0.3 is 16.2 Å². The van der Waals surface area contributed by atoms with Crippen LogP contribution in [0.3, 0.4) is 0 Å². The lowest BCUT2D eigenvalue weighted by molar-refractivity contribution is -0.139. The van der Waals surface area contributed by atoms with Crippen LogP contribution in [-0.4, -0.2) is 41.1 Å². The van der Waals surface area contributed by atoms with Crippen molar-refractivity contribution in [1.82, 2.24) is 5.32 Å². The van der Waals surface area contributed by atoms with Gasteiger partial charge in [-0.1, -0.05) is 6.08 Å². The molecule has 6 heteroatoms. The highest BCUT2D eigenvalue weighted by atomic mass is 32.2. The molecule has 0 saturated heterocycles. The average molecular weight is 232 g/mol. The smallest absolute Gasteiger partial charge is 0.305 e. The lowest BCUT2D eigenvalue weighted by Gasteiger charge is -2.09. The number of rotatable bonds is 8. The maximum atomic E-state index is 11.2. The molecule has 15 heavy (non-hydrogen) atoms. The van der Waals surface area contributed by atoms with Crippen LogP contribution in [0.1, 0.15) is 6.42 Å². The second kappa shape index (κ2) is 8.31. The fourth-order valence-corrected chi connectivity index (χ4v) is 1.40. The third-order valence-electron chi connectivity index (χ3n) is 1.51. The van der Waals surface area contributed by atoms with E-state index in [1.54, 1.807) is 17.8 Å². The van der Waals surface area contributed by atoms with Crippen LogP contribution in [-0.2, 0) is 9.59 Å². The summed E-state index contributed by atoms with van der Waals surface area (Å²) in [7, 11) is 0. The Kier molecular flexibility index (Phi) is 7.75. The van der Waals surface area contributed by atoms with E-state index in [2.05, 4.69) is 11.9 Å². The molecule has 4 N–H and O–H groups in total. The predicted molar refractivity (Wildman–Crippen MR) is 60.8 cm³/mol. The average Bonchev–Trinajstić information content (AvgIpc) is 2.16. The number of hydrogen-bond donors (Lipinski definition) is 3. The molecule has 0 spiro atoms. The Bertz CT molecular complexity index is 233. The normalized spacial score (nSPS) is 11.8. The van der Waals surface area contributed by atoms with E-state index in [1.165, 1.54) is 0 Å². The molecule has 0 radical (unpaired) electrons. The quantitative estimate of drug-likeness (QED) is 0.399. The summed E-state index contributed by atoms with van der Waals surface area (Å²) in [6.07, 6.45) is 1.44. The lowest BCUT2D eigenvalue weighted by Crippen LogP contribution is -2.42. The number of carboxylic acids is 1. The van der Waals surface area contributed by atoms with E-state index in [1.807, 2.05) is 0 Å². The third-order valence-corrected chi connectivity index (χ3v) is 2.48. The zero-order valence-electron chi connectivity index (χ0n) is 8.44. The number of hydrogen-bond acceptors (Lipinski definition) is 4. The molecule has 0 bridgehead atoms. The minimum Gasteiger partial charge on any atom is -0.481 e. The van der Waals surface area contributed by atoms with Crippen molar-refractivity contribution in [3.63, 3.8) is 0 Å². The van der Waals surface area contributed by atoms with Gasteiger partial charge in [-0.2, -0.15) is 11.8 Å². The zero-order chi connectivity index (χ0) is 11.7. The van der Waals surface area contributed by atoms with Crippen LogP contribution in [0.5, 0.6) is 0 Å². The van der Waals surface area contributed by atoms with Crippen molar-refractivity contribution in [3.8, 4) is 0 Å². The summed E-state index contributed by atoms with van der Waals surface area (Å²) in [6.45, 7) is 4.05. The molecule has 1 atom stereocenters. The molecule has 0 aliphatic heterocycles. The van der Waals surface area contributed by atoms with Gasteiger partial charge in [-0.15, -0.1) is 6.58 Å². The SMILES string of the molecule is C=CCSCCNC(=O)C(N)CC(=O)O. The second-order valence-corrected chi connectivity index (χ2v) is 4.01. The van der Waals surface area contributed by atoms with Gasteiger partial charge in [-0.25, -0.2) is 0 Å². The van der Waals surface area contributed by atoms with Gasteiger partial charge in [0.25, 0.3) is 0 Å². The van der Waals surface area contributed by atoms with Crippen molar-refractivity contribution in [2.24, 2.45) is 5.73 Å². The van der Waals surface area contributed by atoms with Crippen LogP contribution in [0.15, 0.2) is 12.7 Å². The number of carbonyl (C=O) groups is 2. The Balaban J connectivity index is 3.55. The Morgan fingerprint density at radius 1 is 1.60 bits per heavy atom. The molecular weight excluding hydrogens is 216 g/mol. The van der Waals surface area contributed by atoms with Gasteiger partial charge in [0.1, 0.15) is 0 Å². The number of aliphatic carboxylic acids is 1. The minimum atomic E-state index is -1.07. The number of carbonyl (C=O) groups excluding carboxylic acids is 1. The van der Waals surface area contributed by atoms with Gasteiger partial charge in [0, 0.05) is 18.1 Å². The first-order chi connectivity index (χ1) is 7.07. The van der Waals surface area contributed by atoms with Gasteiger partial charge in [0.2, 0.25) is 5.91 Å². The molecule has 0 aliphatic rings. The van der Waals surface area contributed by atoms with Gasteiger partial charge in [-0.05, 0) is 0 Å². The molecule has 86 valence electrons. The van der Waals surface area contributed by atoms with Gasteiger partial charge in [-0.3, -0.25) is 9.59 Å². The van der Waals surface area contributed by atoms with Crippen LogP contribution in [0, 0.1) is 0 Å². The summed E-state index contributed by atoms with van der Waals surface area (Å²) in [6, 6.07) is -0.966. The highest BCUT2D eigenvalue weighted by Crippen LogP contribution is 1.97. The summed E-state index contributed by atoms with van der Waals surface area (Å²) in [5.41, 5.74) is 5.34. The van der Waals surface area contributed by atoms with Crippen molar-refractivity contribution in [2.45, 2.75) is 12.5 Å². The van der Waals surface area contributed by atoms with Crippen LogP contribution in [0.4, 0.5) is 0 Å². The van der Waals surface area contributed by atoms with E-state index in [9.17, 15) is 9.59 Å². The number of carboxylic acid groups (broad SMARTS) is 1. The molecule has 0 saturated carbocycles. The van der Waals surface area contributed by atoms with Crippen molar-refractivity contribution < 1.29 is 14.7 Å². The number of amides is 1. The second-order valence-electron chi connectivity index (χ2n) is 2.86. The summed E-state index contributed by atoms with van der Waals surface area (Å²) in [4.78, 5) is 21.4. The number of nitrogens with two attached hydrogens (primary N) is 1. The molecule has 5 nitrogen and oxygen atoms in total. The maximum Gasteiger partial charge on any atom is 0.305 e. The third kappa shape index (κ3) is 8.02. The number of thioether (sulfide) groups is 1. The van der Waals surface area contributed by atoms with Gasteiger partial charge in [0.05, 0.1) is 12.5 Å². The highest BCUT2D eigenvalue weighted by molar-refractivity contribution is 7.99. The molecule has 0 aromatic carbocycles. The largest absolute Gasteiger partial charge is 0.481 e. The molecule has 1 unspecified atom stereocenters. The summed E-state index contributed by atoms with van der Waals surface area (Å²) < 4.78 is 0.